The molecule has 0 saturated heterocycles. The van der Waals surface area contributed by atoms with Gasteiger partial charge in [-0.1, -0.05) is 17.3 Å². The minimum Gasteiger partial charge on any atom is -0.462 e. The van der Waals surface area contributed by atoms with Crippen LogP contribution < -0.4 is 0 Å². The van der Waals surface area contributed by atoms with Crippen LogP contribution in [0.4, 0.5) is 8.78 Å². The number of nitrogens with zero attached hydrogens (tertiary/aromatic N) is 3. The molecular weight excluding hydrogens is 464 g/mol. The van der Waals surface area contributed by atoms with Gasteiger partial charge in [0.1, 0.15) is 5.76 Å². The van der Waals surface area contributed by atoms with Gasteiger partial charge in [0.15, 0.2) is 0 Å². The molecule has 186 valence electrons. The number of hydrogen-bond acceptors (Lipinski definition) is 5. The molecule has 0 bridgehead atoms. The van der Waals surface area contributed by atoms with E-state index in [0.29, 0.717) is 38.0 Å². The molecule has 0 unspecified atom stereocenters. The minimum absolute atomic E-state index is 0.0623. The zero-order chi connectivity index (χ0) is 25.0. The molecule has 0 N–H and O–H groups in total. The van der Waals surface area contributed by atoms with E-state index in [1.165, 1.54) is 0 Å². The van der Waals surface area contributed by atoms with Crippen LogP contribution in [0.5, 0.6) is 0 Å². The third kappa shape index (κ3) is 3.98. The van der Waals surface area contributed by atoms with Gasteiger partial charge in [0.2, 0.25) is 5.92 Å². The van der Waals surface area contributed by atoms with Gasteiger partial charge in [-0.05, 0) is 55.9 Å². The highest BCUT2D eigenvalue weighted by molar-refractivity contribution is 5.97. The Morgan fingerprint density at radius 1 is 1.11 bits per heavy atom. The van der Waals surface area contributed by atoms with E-state index in [1.807, 2.05) is 38.2 Å². The summed E-state index contributed by atoms with van der Waals surface area (Å²) in [6.45, 7) is 4.81. The predicted octanol–water partition coefficient (Wildman–Crippen LogP) is 6.51. The number of hydrogen-bond donors (Lipinski definition) is 0. The zero-order valence-corrected chi connectivity index (χ0v) is 20.3. The van der Waals surface area contributed by atoms with Crippen molar-refractivity contribution < 1.29 is 22.8 Å². The van der Waals surface area contributed by atoms with Crippen LogP contribution in [0.25, 0.3) is 33.3 Å². The summed E-state index contributed by atoms with van der Waals surface area (Å²) in [6, 6.07) is 7.87. The fourth-order valence-corrected chi connectivity index (χ4v) is 5.62. The Balaban J connectivity index is 1.45. The van der Waals surface area contributed by atoms with Crippen LogP contribution in [0.1, 0.15) is 53.1 Å². The molecular formula is C28H27F2N3O3. The number of aromatic nitrogens is 3. The summed E-state index contributed by atoms with van der Waals surface area (Å²) in [6.07, 6.45) is 5.46. The van der Waals surface area contributed by atoms with Crippen LogP contribution >= 0.6 is 0 Å². The quantitative estimate of drug-likeness (QED) is 0.304. The SMILES string of the molecule is Cc1noc(C)c1-c1cnc2c(-c3ccc4c(c3)CCOC4=O)cn(CC3CCC(F)(F)CC3)c2c1. The lowest BCUT2D eigenvalue weighted by Gasteiger charge is -2.28. The Morgan fingerprint density at radius 2 is 1.92 bits per heavy atom. The highest BCUT2D eigenvalue weighted by atomic mass is 19.3. The number of fused-ring (bicyclic) bond motifs is 2. The van der Waals surface area contributed by atoms with Crippen molar-refractivity contribution in [3.8, 4) is 22.3 Å². The van der Waals surface area contributed by atoms with Gasteiger partial charge in [-0.15, -0.1) is 0 Å². The molecule has 3 aromatic heterocycles. The lowest BCUT2D eigenvalue weighted by Crippen LogP contribution is -2.26. The number of halogens is 2. The molecule has 0 atom stereocenters. The number of alkyl halides is 2. The number of aryl methyl sites for hydroxylation is 2. The minimum atomic E-state index is -2.55. The van der Waals surface area contributed by atoms with Crippen molar-refractivity contribution in [1.29, 1.82) is 0 Å². The van der Waals surface area contributed by atoms with Gasteiger partial charge < -0.3 is 13.8 Å². The summed E-state index contributed by atoms with van der Waals surface area (Å²) in [5.41, 5.74) is 7.90. The van der Waals surface area contributed by atoms with E-state index in [1.54, 1.807) is 0 Å². The van der Waals surface area contributed by atoms with Crippen molar-refractivity contribution in [3.05, 3.63) is 59.2 Å². The molecule has 6 rings (SSSR count). The third-order valence-electron chi connectivity index (χ3n) is 7.57. The third-order valence-corrected chi connectivity index (χ3v) is 7.57. The standard InChI is InChI=1S/C28H27F2N3O3/c1-16-25(17(2)36-32-16)21-12-24-26(31-13-21)23(15-33(24)14-18-5-8-28(29,30)9-6-18)19-3-4-22-20(11-19)7-10-35-27(22)34/h3-4,11-13,15,18H,5-10,14H2,1-2H3. The molecule has 1 aliphatic carbocycles. The van der Waals surface area contributed by atoms with Crippen LogP contribution in [0.15, 0.2) is 41.2 Å². The summed E-state index contributed by atoms with van der Waals surface area (Å²) < 4.78 is 40.3. The first-order valence-corrected chi connectivity index (χ1v) is 12.4. The average molecular weight is 492 g/mol. The summed E-state index contributed by atoms with van der Waals surface area (Å²) in [7, 11) is 0. The van der Waals surface area contributed by atoms with E-state index in [9.17, 15) is 13.6 Å². The molecule has 4 aromatic rings. The highest BCUT2D eigenvalue weighted by Crippen LogP contribution is 2.39. The van der Waals surface area contributed by atoms with E-state index in [0.717, 1.165) is 50.3 Å². The first kappa shape index (κ1) is 22.9. The fraction of sp³-hybridized carbons (Fsp3) is 0.393. The van der Waals surface area contributed by atoms with E-state index >= 15 is 0 Å². The van der Waals surface area contributed by atoms with Crippen LogP contribution in [0, 0.1) is 19.8 Å². The topological polar surface area (TPSA) is 70.2 Å². The van der Waals surface area contributed by atoms with E-state index in [4.69, 9.17) is 14.2 Å². The normalized spacial score (nSPS) is 17.8. The first-order chi connectivity index (χ1) is 17.3. The molecule has 6 nitrogen and oxygen atoms in total. The van der Waals surface area contributed by atoms with Gasteiger partial charge in [0.25, 0.3) is 0 Å². The van der Waals surface area contributed by atoms with Crippen LogP contribution in [0.2, 0.25) is 0 Å². The molecule has 36 heavy (non-hydrogen) atoms. The molecule has 0 radical (unpaired) electrons. The van der Waals surface area contributed by atoms with Gasteiger partial charge in [-0.2, -0.15) is 0 Å². The number of carbonyl (C=O) groups is 1. The Kier molecular flexibility index (Phi) is 5.43. The lowest BCUT2D eigenvalue weighted by atomic mass is 9.87. The first-order valence-electron chi connectivity index (χ1n) is 12.4. The van der Waals surface area contributed by atoms with Gasteiger partial charge >= 0.3 is 5.97 Å². The van der Waals surface area contributed by atoms with Crippen molar-refractivity contribution in [2.24, 2.45) is 5.92 Å². The van der Waals surface area contributed by atoms with Crippen molar-refractivity contribution in [1.82, 2.24) is 14.7 Å². The van der Waals surface area contributed by atoms with Crippen molar-refractivity contribution >= 4 is 17.0 Å². The van der Waals surface area contributed by atoms with Crippen molar-refractivity contribution in [2.75, 3.05) is 6.61 Å². The lowest BCUT2D eigenvalue weighted by molar-refractivity contribution is -0.0472. The Hall–Kier alpha value is -3.55. The molecule has 1 aliphatic heterocycles. The predicted molar refractivity (Wildman–Crippen MR) is 131 cm³/mol. The molecule has 0 amide bonds. The number of benzene rings is 1. The van der Waals surface area contributed by atoms with Crippen molar-refractivity contribution in [2.45, 2.75) is 58.4 Å². The maximum absolute atomic E-state index is 13.8. The Labute approximate surface area is 207 Å². The smallest absolute Gasteiger partial charge is 0.338 e. The number of ether oxygens (including phenoxy) is 1. The van der Waals surface area contributed by atoms with Crippen molar-refractivity contribution in [3.63, 3.8) is 0 Å². The molecule has 8 heteroatoms. The second-order valence-corrected chi connectivity index (χ2v) is 10.0. The monoisotopic (exact) mass is 491 g/mol. The van der Waals surface area contributed by atoms with Crippen LogP contribution in [-0.2, 0) is 17.7 Å². The summed E-state index contributed by atoms with van der Waals surface area (Å²) in [5, 5.41) is 4.08. The van der Waals surface area contributed by atoms with Gasteiger partial charge in [-0.25, -0.2) is 13.6 Å². The van der Waals surface area contributed by atoms with Crippen LogP contribution in [-0.4, -0.2) is 33.2 Å². The van der Waals surface area contributed by atoms with E-state index in [-0.39, 0.29) is 24.7 Å². The maximum Gasteiger partial charge on any atom is 0.338 e. The van der Waals surface area contributed by atoms with Gasteiger partial charge in [-0.3, -0.25) is 4.98 Å². The largest absolute Gasteiger partial charge is 0.462 e. The molecule has 0 spiro atoms. The maximum atomic E-state index is 13.8. The molecule has 2 aliphatic rings. The van der Waals surface area contributed by atoms with Gasteiger partial charge in [0.05, 0.1) is 28.9 Å². The summed E-state index contributed by atoms with van der Waals surface area (Å²) >= 11 is 0. The van der Waals surface area contributed by atoms with Gasteiger partial charge in [0, 0.05) is 54.9 Å². The number of esters is 1. The molecule has 4 heterocycles. The van der Waals surface area contributed by atoms with Crippen LogP contribution in [0.3, 0.4) is 0 Å². The highest BCUT2D eigenvalue weighted by Gasteiger charge is 2.35. The second-order valence-electron chi connectivity index (χ2n) is 10.0. The molecule has 1 fully saturated rings. The molecule has 1 aromatic carbocycles. The van der Waals surface area contributed by atoms with E-state index < -0.39 is 5.92 Å². The number of pyridine rings is 1. The summed E-state index contributed by atoms with van der Waals surface area (Å²) in [5.74, 6) is -1.94. The number of cyclic esters (lactones) is 1. The van der Waals surface area contributed by atoms with E-state index in [2.05, 4.69) is 22.0 Å². The second kappa shape index (κ2) is 8.54. The Morgan fingerprint density at radius 3 is 2.67 bits per heavy atom. The summed E-state index contributed by atoms with van der Waals surface area (Å²) in [4.78, 5) is 17.0. The Bertz CT molecular complexity index is 1460. The number of rotatable bonds is 4. The average Bonchev–Trinajstić information content (AvgIpc) is 3.39. The molecule has 1 saturated carbocycles. The fourth-order valence-electron chi connectivity index (χ4n) is 5.62. The zero-order valence-electron chi connectivity index (χ0n) is 20.3. The number of carbonyl (C=O) groups excluding carboxylic acids is 1.